The van der Waals surface area contributed by atoms with E-state index in [1.807, 2.05) is 0 Å². The highest BCUT2D eigenvalue weighted by atomic mass is 32.2. The zero-order valence-corrected chi connectivity index (χ0v) is 10.4. The molecule has 0 aliphatic carbocycles. The third-order valence-electron chi connectivity index (χ3n) is 2.20. The van der Waals surface area contributed by atoms with E-state index in [0.29, 0.717) is 5.56 Å². The van der Waals surface area contributed by atoms with Gasteiger partial charge in [-0.2, -0.15) is 5.10 Å². The topological polar surface area (TPSA) is 76.9 Å². The second kappa shape index (κ2) is 4.83. The maximum absolute atomic E-state index is 13.3. The standard InChI is InChI=1S/C10H11FN4O2S/c1-15-7-8(5-13-15)6-14-18(16,17)10-9(11)3-2-4-12-10/h2-5,7,14H,6H2,1H3. The van der Waals surface area contributed by atoms with Gasteiger partial charge in [0.25, 0.3) is 10.0 Å². The minimum atomic E-state index is -3.95. The van der Waals surface area contributed by atoms with Crippen LogP contribution in [0.4, 0.5) is 4.39 Å². The molecule has 0 spiro atoms. The SMILES string of the molecule is Cn1cc(CNS(=O)(=O)c2ncccc2F)cn1. The second-order valence-corrected chi connectivity index (χ2v) is 5.32. The van der Waals surface area contributed by atoms with E-state index >= 15 is 0 Å². The molecule has 2 heterocycles. The molecule has 96 valence electrons. The summed E-state index contributed by atoms with van der Waals surface area (Å²) in [6.45, 7) is 0.0339. The fourth-order valence-electron chi connectivity index (χ4n) is 1.38. The molecule has 0 fully saturated rings. The Morgan fingerprint density at radius 2 is 2.28 bits per heavy atom. The van der Waals surface area contributed by atoms with Crippen LogP contribution >= 0.6 is 0 Å². The number of aromatic nitrogens is 3. The summed E-state index contributed by atoms with van der Waals surface area (Å²) in [5.41, 5.74) is 0.678. The van der Waals surface area contributed by atoms with Gasteiger partial charge < -0.3 is 0 Å². The smallest absolute Gasteiger partial charge is 0.261 e. The Bertz CT molecular complexity index is 653. The van der Waals surface area contributed by atoms with E-state index in [1.54, 1.807) is 17.9 Å². The van der Waals surface area contributed by atoms with Crippen LogP contribution in [0.15, 0.2) is 35.7 Å². The minimum Gasteiger partial charge on any atom is -0.275 e. The quantitative estimate of drug-likeness (QED) is 0.874. The van der Waals surface area contributed by atoms with Crippen LogP contribution < -0.4 is 4.72 Å². The fourth-order valence-corrected chi connectivity index (χ4v) is 2.40. The molecule has 0 aliphatic rings. The van der Waals surface area contributed by atoms with Gasteiger partial charge in [-0.05, 0) is 12.1 Å². The van der Waals surface area contributed by atoms with Gasteiger partial charge in [0.05, 0.1) is 6.20 Å². The average molecular weight is 270 g/mol. The molecule has 1 N–H and O–H groups in total. The molecule has 2 rings (SSSR count). The molecule has 18 heavy (non-hydrogen) atoms. The highest BCUT2D eigenvalue weighted by Crippen LogP contribution is 2.10. The summed E-state index contributed by atoms with van der Waals surface area (Å²) >= 11 is 0. The number of aryl methyl sites for hydroxylation is 1. The molecule has 0 aliphatic heterocycles. The molecule has 2 aromatic rings. The first-order valence-electron chi connectivity index (χ1n) is 5.07. The largest absolute Gasteiger partial charge is 0.275 e. The number of nitrogens with one attached hydrogen (secondary N) is 1. The van der Waals surface area contributed by atoms with E-state index in [1.165, 1.54) is 18.5 Å². The Hall–Kier alpha value is -1.80. The minimum absolute atomic E-state index is 0.0339. The van der Waals surface area contributed by atoms with Crippen LogP contribution in [0.2, 0.25) is 0 Å². The summed E-state index contributed by atoms with van der Waals surface area (Å²) < 4.78 is 40.7. The van der Waals surface area contributed by atoms with Crippen molar-refractivity contribution in [2.24, 2.45) is 7.05 Å². The van der Waals surface area contributed by atoms with Crippen molar-refractivity contribution in [1.29, 1.82) is 0 Å². The Morgan fingerprint density at radius 1 is 1.50 bits per heavy atom. The lowest BCUT2D eigenvalue weighted by molar-refractivity contribution is 0.544. The zero-order chi connectivity index (χ0) is 13.2. The number of hydrogen-bond donors (Lipinski definition) is 1. The van der Waals surface area contributed by atoms with E-state index in [4.69, 9.17) is 0 Å². The lowest BCUT2D eigenvalue weighted by Crippen LogP contribution is -2.25. The normalized spacial score (nSPS) is 11.7. The van der Waals surface area contributed by atoms with E-state index in [-0.39, 0.29) is 6.54 Å². The molecule has 8 heteroatoms. The van der Waals surface area contributed by atoms with Crippen LogP contribution in [-0.4, -0.2) is 23.2 Å². The predicted octanol–water partition coefficient (Wildman–Crippen LogP) is 0.433. The summed E-state index contributed by atoms with van der Waals surface area (Å²) in [4.78, 5) is 3.52. The highest BCUT2D eigenvalue weighted by Gasteiger charge is 2.20. The number of nitrogens with zero attached hydrogens (tertiary/aromatic N) is 3. The van der Waals surface area contributed by atoms with Gasteiger partial charge in [0.2, 0.25) is 5.03 Å². The maximum Gasteiger partial charge on any atom is 0.261 e. The molecule has 0 unspecified atom stereocenters. The monoisotopic (exact) mass is 270 g/mol. The molecule has 0 aromatic carbocycles. The van der Waals surface area contributed by atoms with E-state index in [0.717, 1.165) is 6.07 Å². The molecular formula is C10H11FN4O2S. The van der Waals surface area contributed by atoms with Gasteiger partial charge in [-0.15, -0.1) is 0 Å². The molecule has 0 radical (unpaired) electrons. The van der Waals surface area contributed by atoms with E-state index in [2.05, 4.69) is 14.8 Å². The van der Waals surface area contributed by atoms with Gasteiger partial charge in [0.15, 0.2) is 5.82 Å². The molecule has 0 bridgehead atoms. The lowest BCUT2D eigenvalue weighted by atomic mass is 10.4. The lowest BCUT2D eigenvalue weighted by Gasteiger charge is -2.05. The van der Waals surface area contributed by atoms with Crippen molar-refractivity contribution < 1.29 is 12.8 Å². The first kappa shape index (κ1) is 12.7. The molecular weight excluding hydrogens is 259 g/mol. The third-order valence-corrected chi connectivity index (χ3v) is 3.54. The Morgan fingerprint density at radius 3 is 2.89 bits per heavy atom. The van der Waals surface area contributed by atoms with Crippen LogP contribution in [0, 0.1) is 5.82 Å². The van der Waals surface area contributed by atoms with Crippen molar-refractivity contribution in [3.05, 3.63) is 42.1 Å². The summed E-state index contributed by atoms with van der Waals surface area (Å²) in [6.07, 6.45) is 4.41. The molecule has 6 nitrogen and oxygen atoms in total. The van der Waals surface area contributed by atoms with E-state index in [9.17, 15) is 12.8 Å². The average Bonchev–Trinajstić information content (AvgIpc) is 2.73. The number of sulfonamides is 1. The summed E-state index contributed by atoms with van der Waals surface area (Å²) in [5.74, 6) is -0.879. The molecule has 0 saturated heterocycles. The van der Waals surface area contributed by atoms with E-state index < -0.39 is 20.9 Å². The van der Waals surface area contributed by atoms with Crippen LogP contribution in [0.25, 0.3) is 0 Å². The van der Waals surface area contributed by atoms with Crippen molar-refractivity contribution in [3.63, 3.8) is 0 Å². The van der Waals surface area contributed by atoms with Crippen molar-refractivity contribution in [2.45, 2.75) is 11.6 Å². The Balaban J connectivity index is 2.16. The fraction of sp³-hybridized carbons (Fsp3) is 0.200. The van der Waals surface area contributed by atoms with Gasteiger partial charge in [-0.3, -0.25) is 4.68 Å². The van der Waals surface area contributed by atoms with Crippen molar-refractivity contribution in [3.8, 4) is 0 Å². The summed E-state index contributed by atoms with van der Waals surface area (Å²) in [7, 11) is -2.23. The first-order valence-corrected chi connectivity index (χ1v) is 6.55. The third kappa shape index (κ3) is 2.71. The Labute approximate surface area is 104 Å². The number of pyridine rings is 1. The molecule has 2 aromatic heterocycles. The number of rotatable bonds is 4. The van der Waals surface area contributed by atoms with Gasteiger partial charge in [0, 0.05) is 31.5 Å². The number of halogens is 1. The van der Waals surface area contributed by atoms with Crippen molar-refractivity contribution in [2.75, 3.05) is 0 Å². The van der Waals surface area contributed by atoms with Gasteiger partial charge in [-0.1, -0.05) is 0 Å². The van der Waals surface area contributed by atoms with Gasteiger partial charge in [-0.25, -0.2) is 22.5 Å². The highest BCUT2D eigenvalue weighted by molar-refractivity contribution is 7.89. The zero-order valence-electron chi connectivity index (χ0n) is 9.54. The van der Waals surface area contributed by atoms with Crippen LogP contribution in [-0.2, 0) is 23.6 Å². The second-order valence-electron chi connectivity index (χ2n) is 3.64. The summed E-state index contributed by atoms with van der Waals surface area (Å²) in [5, 5.41) is 3.30. The maximum atomic E-state index is 13.3. The van der Waals surface area contributed by atoms with Crippen LogP contribution in [0.1, 0.15) is 5.56 Å². The predicted molar refractivity (Wildman–Crippen MR) is 61.4 cm³/mol. The first-order chi connectivity index (χ1) is 8.49. The number of hydrogen-bond acceptors (Lipinski definition) is 4. The van der Waals surface area contributed by atoms with Crippen LogP contribution in [0.5, 0.6) is 0 Å². The Kier molecular flexibility index (Phi) is 3.39. The molecule has 0 saturated carbocycles. The van der Waals surface area contributed by atoms with Gasteiger partial charge in [0.1, 0.15) is 0 Å². The molecule has 0 amide bonds. The molecule has 0 atom stereocenters. The van der Waals surface area contributed by atoms with Crippen molar-refractivity contribution in [1.82, 2.24) is 19.5 Å². The van der Waals surface area contributed by atoms with Crippen LogP contribution in [0.3, 0.4) is 0 Å². The van der Waals surface area contributed by atoms with Crippen molar-refractivity contribution >= 4 is 10.0 Å². The van der Waals surface area contributed by atoms with Gasteiger partial charge >= 0.3 is 0 Å². The summed E-state index contributed by atoms with van der Waals surface area (Å²) in [6, 6.07) is 2.38.